The van der Waals surface area contributed by atoms with Gasteiger partial charge in [-0.25, -0.2) is 8.42 Å². The number of amides is 2. The fourth-order valence-corrected chi connectivity index (χ4v) is 2.65. The first kappa shape index (κ1) is 20.2. The van der Waals surface area contributed by atoms with Gasteiger partial charge in [-0.3, -0.25) is 13.9 Å². The summed E-state index contributed by atoms with van der Waals surface area (Å²) in [6.45, 7) is 1.59. The number of nitrogens with zero attached hydrogens (tertiary/aromatic N) is 1. The smallest absolute Gasteiger partial charge is 0.265 e. The van der Waals surface area contributed by atoms with Gasteiger partial charge in [-0.15, -0.1) is 0 Å². The maximum Gasteiger partial charge on any atom is 0.265 e. The van der Waals surface area contributed by atoms with E-state index in [0.29, 0.717) is 22.7 Å². The van der Waals surface area contributed by atoms with E-state index in [9.17, 15) is 18.0 Å². The zero-order valence-corrected chi connectivity index (χ0v) is 16.0. The summed E-state index contributed by atoms with van der Waals surface area (Å²) < 4.78 is 29.8. The Balaban J connectivity index is 1.98. The maximum atomic E-state index is 12.2. The molecule has 0 aromatic heterocycles. The molecule has 0 aliphatic carbocycles. The number of anilines is 2. The van der Waals surface area contributed by atoms with Gasteiger partial charge in [-0.2, -0.15) is 0 Å². The van der Waals surface area contributed by atoms with Crippen LogP contribution in [0.3, 0.4) is 0 Å². The summed E-state index contributed by atoms with van der Waals surface area (Å²) in [6, 6.07) is 12.5. The van der Waals surface area contributed by atoms with Gasteiger partial charge >= 0.3 is 0 Å². The lowest BCUT2D eigenvalue weighted by molar-refractivity contribution is -0.122. The summed E-state index contributed by atoms with van der Waals surface area (Å²) in [5, 5.41) is 2.67. The highest BCUT2D eigenvalue weighted by atomic mass is 32.2. The largest absolute Gasteiger partial charge is 0.481 e. The molecule has 0 radical (unpaired) electrons. The van der Waals surface area contributed by atoms with Crippen molar-refractivity contribution >= 4 is 33.2 Å². The number of carbonyl (C=O) groups is 2. The summed E-state index contributed by atoms with van der Waals surface area (Å²) in [5.41, 5.74) is 6.50. The third-order valence-electron chi connectivity index (χ3n) is 3.82. The lowest BCUT2D eigenvalue weighted by atomic mass is 10.2. The summed E-state index contributed by atoms with van der Waals surface area (Å²) >= 11 is 0. The number of ether oxygens (including phenoxy) is 1. The molecule has 0 bridgehead atoms. The van der Waals surface area contributed by atoms with Gasteiger partial charge in [0.15, 0.2) is 6.10 Å². The number of benzene rings is 2. The minimum atomic E-state index is -3.35. The summed E-state index contributed by atoms with van der Waals surface area (Å²) in [5.74, 6) is -0.499. The molecular formula is C18H21N3O5S. The Morgan fingerprint density at radius 3 is 2.11 bits per heavy atom. The van der Waals surface area contributed by atoms with E-state index in [1.807, 2.05) is 0 Å². The Morgan fingerprint density at radius 2 is 1.63 bits per heavy atom. The summed E-state index contributed by atoms with van der Waals surface area (Å²) in [7, 11) is -1.90. The van der Waals surface area contributed by atoms with E-state index < -0.39 is 22.0 Å². The average molecular weight is 391 g/mol. The predicted octanol–water partition coefficient (Wildman–Crippen LogP) is 1.59. The van der Waals surface area contributed by atoms with E-state index >= 15 is 0 Å². The van der Waals surface area contributed by atoms with E-state index in [0.717, 1.165) is 10.6 Å². The van der Waals surface area contributed by atoms with Crippen molar-refractivity contribution in [2.75, 3.05) is 22.9 Å². The highest BCUT2D eigenvalue weighted by Gasteiger charge is 2.16. The first-order chi connectivity index (χ1) is 12.6. The highest BCUT2D eigenvalue weighted by Crippen LogP contribution is 2.21. The third kappa shape index (κ3) is 5.45. The lowest BCUT2D eigenvalue weighted by Gasteiger charge is -2.18. The second-order valence-electron chi connectivity index (χ2n) is 5.92. The molecular weight excluding hydrogens is 370 g/mol. The van der Waals surface area contributed by atoms with Crippen LogP contribution < -0.4 is 20.1 Å². The molecule has 0 heterocycles. The van der Waals surface area contributed by atoms with Gasteiger partial charge in [0, 0.05) is 18.3 Å². The molecule has 0 fully saturated rings. The van der Waals surface area contributed by atoms with Crippen LogP contribution in [-0.4, -0.2) is 39.6 Å². The molecule has 2 aromatic carbocycles. The van der Waals surface area contributed by atoms with Crippen molar-refractivity contribution in [3.8, 4) is 5.75 Å². The van der Waals surface area contributed by atoms with E-state index in [-0.39, 0.29) is 5.91 Å². The molecule has 9 heteroatoms. The molecule has 0 aliphatic heterocycles. The van der Waals surface area contributed by atoms with Gasteiger partial charge in [-0.05, 0) is 55.5 Å². The van der Waals surface area contributed by atoms with E-state index in [2.05, 4.69) is 5.32 Å². The molecule has 8 nitrogen and oxygen atoms in total. The molecule has 0 aliphatic rings. The number of hydrogen-bond donors (Lipinski definition) is 2. The quantitative estimate of drug-likeness (QED) is 0.743. The lowest BCUT2D eigenvalue weighted by Crippen LogP contribution is -2.30. The zero-order valence-electron chi connectivity index (χ0n) is 15.2. The van der Waals surface area contributed by atoms with Crippen molar-refractivity contribution in [2.45, 2.75) is 13.0 Å². The van der Waals surface area contributed by atoms with Gasteiger partial charge in [0.25, 0.3) is 5.91 Å². The van der Waals surface area contributed by atoms with Crippen molar-refractivity contribution in [1.29, 1.82) is 0 Å². The van der Waals surface area contributed by atoms with Crippen molar-refractivity contribution < 1.29 is 22.7 Å². The third-order valence-corrected chi connectivity index (χ3v) is 5.02. The van der Waals surface area contributed by atoms with Crippen molar-refractivity contribution in [2.24, 2.45) is 5.73 Å². The standard InChI is InChI=1S/C18H21N3O5S/c1-12(18(23)20-14-6-4-13(5-7-14)17(19)22)26-16-10-8-15(9-11-16)21(2)27(3,24)25/h4-12H,1-3H3,(H2,19,22)(H,20,23)/t12-/m0/s1. The van der Waals surface area contributed by atoms with Gasteiger partial charge in [-0.1, -0.05) is 0 Å². The van der Waals surface area contributed by atoms with Crippen LogP contribution in [0.1, 0.15) is 17.3 Å². The fraction of sp³-hybridized carbons (Fsp3) is 0.222. The molecule has 27 heavy (non-hydrogen) atoms. The predicted molar refractivity (Wildman–Crippen MR) is 103 cm³/mol. The minimum Gasteiger partial charge on any atom is -0.481 e. The van der Waals surface area contributed by atoms with Crippen LogP contribution in [0, 0.1) is 0 Å². The SMILES string of the molecule is C[C@H](Oc1ccc(N(C)S(C)(=O)=O)cc1)C(=O)Nc1ccc(C(N)=O)cc1. The van der Waals surface area contributed by atoms with Crippen LogP contribution in [0.5, 0.6) is 5.75 Å². The molecule has 144 valence electrons. The second-order valence-corrected chi connectivity index (χ2v) is 7.93. The number of hydrogen-bond acceptors (Lipinski definition) is 5. The number of nitrogens with one attached hydrogen (secondary N) is 1. The molecule has 0 spiro atoms. The van der Waals surface area contributed by atoms with Crippen LogP contribution >= 0.6 is 0 Å². The first-order valence-corrected chi connectivity index (χ1v) is 9.84. The monoisotopic (exact) mass is 391 g/mol. The number of primary amides is 1. The van der Waals surface area contributed by atoms with Crippen LogP contribution in [0.15, 0.2) is 48.5 Å². The van der Waals surface area contributed by atoms with Gasteiger partial charge in [0.05, 0.1) is 11.9 Å². The molecule has 0 saturated heterocycles. The Hall–Kier alpha value is -3.07. The van der Waals surface area contributed by atoms with Crippen LogP contribution in [0.2, 0.25) is 0 Å². The second kappa shape index (κ2) is 8.09. The van der Waals surface area contributed by atoms with E-state index in [1.54, 1.807) is 43.3 Å². The first-order valence-electron chi connectivity index (χ1n) is 7.99. The van der Waals surface area contributed by atoms with E-state index in [1.165, 1.54) is 19.2 Å². The molecule has 1 atom stereocenters. The van der Waals surface area contributed by atoms with E-state index in [4.69, 9.17) is 10.5 Å². The van der Waals surface area contributed by atoms with Gasteiger partial charge < -0.3 is 15.8 Å². The molecule has 0 saturated carbocycles. The van der Waals surface area contributed by atoms with Crippen molar-refractivity contribution in [3.05, 3.63) is 54.1 Å². The molecule has 2 aromatic rings. The number of rotatable bonds is 7. The number of nitrogens with two attached hydrogens (primary N) is 1. The van der Waals surface area contributed by atoms with Gasteiger partial charge in [0.1, 0.15) is 5.75 Å². The molecule has 3 N–H and O–H groups in total. The normalized spacial score (nSPS) is 12.1. The number of sulfonamides is 1. The van der Waals surface area contributed by atoms with Gasteiger partial charge in [0.2, 0.25) is 15.9 Å². The average Bonchev–Trinajstić information content (AvgIpc) is 2.61. The van der Waals surface area contributed by atoms with Crippen LogP contribution in [-0.2, 0) is 14.8 Å². The van der Waals surface area contributed by atoms with Crippen molar-refractivity contribution in [3.63, 3.8) is 0 Å². The fourth-order valence-electron chi connectivity index (χ4n) is 2.15. The molecule has 0 unspecified atom stereocenters. The summed E-state index contributed by atoms with van der Waals surface area (Å²) in [4.78, 5) is 23.3. The van der Waals surface area contributed by atoms with Crippen LogP contribution in [0.4, 0.5) is 11.4 Å². The minimum absolute atomic E-state index is 0.344. The Labute approximate surface area is 158 Å². The summed E-state index contributed by atoms with van der Waals surface area (Å²) in [6.07, 6.45) is 0.319. The highest BCUT2D eigenvalue weighted by molar-refractivity contribution is 7.92. The zero-order chi connectivity index (χ0) is 20.2. The Morgan fingerprint density at radius 1 is 1.07 bits per heavy atom. The Bertz CT molecular complexity index is 924. The number of carbonyl (C=O) groups excluding carboxylic acids is 2. The molecule has 2 rings (SSSR count). The Kier molecular flexibility index (Phi) is 6.06. The molecule has 2 amide bonds. The van der Waals surface area contributed by atoms with Crippen molar-refractivity contribution in [1.82, 2.24) is 0 Å². The topological polar surface area (TPSA) is 119 Å². The maximum absolute atomic E-state index is 12.2. The van der Waals surface area contributed by atoms with Crippen LogP contribution in [0.25, 0.3) is 0 Å².